The molecule has 0 aromatic carbocycles. The lowest BCUT2D eigenvalue weighted by atomic mass is 9.85. The third kappa shape index (κ3) is 2.31. The second-order valence-corrected chi connectivity index (χ2v) is 4.26. The second-order valence-electron chi connectivity index (χ2n) is 4.26. The molecular formula is C14H19N3. The van der Waals surface area contributed by atoms with Crippen LogP contribution in [0, 0.1) is 18.3 Å². The Hall–Kier alpha value is -1.82. The lowest BCUT2D eigenvalue weighted by Gasteiger charge is -2.15. The molecule has 0 atom stereocenters. The van der Waals surface area contributed by atoms with Crippen molar-refractivity contribution in [3.63, 3.8) is 0 Å². The van der Waals surface area contributed by atoms with E-state index in [9.17, 15) is 0 Å². The summed E-state index contributed by atoms with van der Waals surface area (Å²) in [5, 5.41) is 9.16. The number of fused-ring (bicyclic) bond motifs is 1. The molecule has 2 heterocycles. The summed E-state index contributed by atoms with van der Waals surface area (Å²) >= 11 is 0. The van der Waals surface area contributed by atoms with Gasteiger partial charge in [0.1, 0.15) is 0 Å². The van der Waals surface area contributed by atoms with E-state index in [1.54, 1.807) is 6.20 Å². The van der Waals surface area contributed by atoms with Crippen molar-refractivity contribution < 1.29 is 0 Å². The fourth-order valence-corrected chi connectivity index (χ4v) is 1.97. The van der Waals surface area contributed by atoms with E-state index >= 15 is 0 Å². The number of pyridine rings is 1. The topological polar surface area (TPSA) is 52.5 Å². The first-order valence-electron chi connectivity index (χ1n) is 5.91. The number of nitriles is 1. The Morgan fingerprint density at radius 1 is 1.35 bits per heavy atom. The molecule has 3 nitrogen and oxygen atoms in total. The molecular weight excluding hydrogens is 210 g/mol. The van der Waals surface area contributed by atoms with Gasteiger partial charge >= 0.3 is 0 Å². The molecule has 0 aliphatic heterocycles. The van der Waals surface area contributed by atoms with Gasteiger partial charge in [-0.25, -0.2) is 0 Å². The molecule has 3 heteroatoms. The molecule has 0 spiro atoms. The number of aromatic nitrogens is 2. The van der Waals surface area contributed by atoms with Gasteiger partial charge in [-0.1, -0.05) is 13.8 Å². The molecule has 0 saturated heterocycles. The van der Waals surface area contributed by atoms with Crippen LogP contribution in [0.15, 0.2) is 18.3 Å². The minimum Gasteiger partial charge on any atom is -0.357 e. The monoisotopic (exact) mass is 229 g/mol. The van der Waals surface area contributed by atoms with Crippen molar-refractivity contribution in [1.29, 1.82) is 5.26 Å². The summed E-state index contributed by atoms with van der Waals surface area (Å²) in [6.07, 6.45) is 1.76. The molecule has 0 unspecified atom stereocenters. The van der Waals surface area contributed by atoms with E-state index in [0.717, 1.165) is 22.3 Å². The van der Waals surface area contributed by atoms with Crippen molar-refractivity contribution >= 4 is 11.0 Å². The van der Waals surface area contributed by atoms with Gasteiger partial charge in [-0.3, -0.25) is 4.98 Å². The van der Waals surface area contributed by atoms with Gasteiger partial charge in [-0.2, -0.15) is 5.26 Å². The highest BCUT2D eigenvalue weighted by atomic mass is 14.8. The molecule has 0 bridgehead atoms. The first kappa shape index (κ1) is 13.2. The van der Waals surface area contributed by atoms with Crippen LogP contribution in [0.2, 0.25) is 0 Å². The molecule has 0 aliphatic rings. The van der Waals surface area contributed by atoms with Crippen molar-refractivity contribution in [3.8, 4) is 6.07 Å². The molecule has 0 fully saturated rings. The van der Waals surface area contributed by atoms with Crippen LogP contribution < -0.4 is 0 Å². The van der Waals surface area contributed by atoms with Gasteiger partial charge in [0.05, 0.1) is 22.5 Å². The molecule has 2 rings (SSSR count). The standard InChI is InChI=1S/C12H13N3.C2H6/c1-8-10(12(2,3)7-13)11-9(15-8)5-4-6-14-11;1-2/h4-6,15H,1-3H3;1-2H3. The molecule has 0 radical (unpaired) electrons. The fourth-order valence-electron chi connectivity index (χ4n) is 1.97. The van der Waals surface area contributed by atoms with Gasteiger partial charge in [-0.05, 0) is 32.9 Å². The largest absolute Gasteiger partial charge is 0.357 e. The number of hydrogen-bond acceptors (Lipinski definition) is 2. The summed E-state index contributed by atoms with van der Waals surface area (Å²) in [7, 11) is 0. The van der Waals surface area contributed by atoms with Gasteiger partial charge in [0, 0.05) is 17.5 Å². The number of aromatic amines is 1. The fraction of sp³-hybridized carbons (Fsp3) is 0.429. The Labute approximate surface area is 102 Å². The van der Waals surface area contributed by atoms with Crippen LogP contribution in [0.5, 0.6) is 0 Å². The number of rotatable bonds is 1. The average Bonchev–Trinajstić information content (AvgIpc) is 2.68. The third-order valence-electron chi connectivity index (χ3n) is 2.65. The predicted octanol–water partition coefficient (Wildman–Crippen LogP) is 3.70. The highest BCUT2D eigenvalue weighted by Crippen LogP contribution is 2.31. The maximum atomic E-state index is 9.16. The lowest BCUT2D eigenvalue weighted by Crippen LogP contribution is -2.15. The summed E-state index contributed by atoms with van der Waals surface area (Å²) in [5.41, 5.74) is 3.42. The normalized spacial score (nSPS) is 10.6. The van der Waals surface area contributed by atoms with Crippen LogP contribution in [-0.2, 0) is 5.41 Å². The second kappa shape index (κ2) is 5.01. The quantitative estimate of drug-likeness (QED) is 0.810. The highest BCUT2D eigenvalue weighted by molar-refractivity contribution is 5.82. The van der Waals surface area contributed by atoms with E-state index in [1.165, 1.54) is 0 Å². The minimum absolute atomic E-state index is 0.503. The average molecular weight is 229 g/mol. The Balaban J connectivity index is 0.000000686. The van der Waals surface area contributed by atoms with E-state index < -0.39 is 5.41 Å². The summed E-state index contributed by atoms with van der Waals surface area (Å²) in [5.74, 6) is 0. The number of nitrogens with zero attached hydrogens (tertiary/aromatic N) is 2. The zero-order valence-corrected chi connectivity index (χ0v) is 11.1. The number of H-pyrrole nitrogens is 1. The Bertz CT molecular complexity index is 544. The van der Waals surface area contributed by atoms with E-state index in [1.807, 2.05) is 46.8 Å². The molecule has 2 aromatic heterocycles. The van der Waals surface area contributed by atoms with Crippen LogP contribution in [0.1, 0.15) is 39.0 Å². The van der Waals surface area contributed by atoms with Gasteiger partial charge in [0.15, 0.2) is 0 Å². The van der Waals surface area contributed by atoms with Crippen LogP contribution >= 0.6 is 0 Å². The van der Waals surface area contributed by atoms with Crippen molar-refractivity contribution in [2.75, 3.05) is 0 Å². The van der Waals surface area contributed by atoms with E-state index in [2.05, 4.69) is 16.0 Å². The van der Waals surface area contributed by atoms with Crippen molar-refractivity contribution in [2.24, 2.45) is 0 Å². The zero-order valence-electron chi connectivity index (χ0n) is 11.1. The highest BCUT2D eigenvalue weighted by Gasteiger charge is 2.26. The summed E-state index contributed by atoms with van der Waals surface area (Å²) < 4.78 is 0. The molecule has 0 aliphatic carbocycles. The summed E-state index contributed by atoms with van der Waals surface area (Å²) in [6, 6.07) is 6.19. The Kier molecular flexibility index (Phi) is 3.90. The smallest absolute Gasteiger partial charge is 0.0929 e. The van der Waals surface area contributed by atoms with Crippen LogP contribution in [0.25, 0.3) is 11.0 Å². The maximum absolute atomic E-state index is 9.16. The molecule has 90 valence electrons. The first-order chi connectivity index (χ1) is 8.06. The summed E-state index contributed by atoms with van der Waals surface area (Å²) in [4.78, 5) is 7.59. The molecule has 0 amide bonds. The summed E-state index contributed by atoms with van der Waals surface area (Å²) in [6.45, 7) is 9.81. The number of aryl methyl sites for hydroxylation is 1. The lowest BCUT2D eigenvalue weighted by molar-refractivity contribution is 0.686. The SMILES string of the molecule is CC.Cc1[nH]c2cccnc2c1C(C)(C)C#N. The van der Waals surface area contributed by atoms with Crippen molar-refractivity contribution in [3.05, 3.63) is 29.6 Å². The maximum Gasteiger partial charge on any atom is 0.0929 e. The van der Waals surface area contributed by atoms with Gasteiger partial charge in [0.2, 0.25) is 0 Å². The molecule has 1 N–H and O–H groups in total. The van der Waals surface area contributed by atoms with Gasteiger partial charge < -0.3 is 4.98 Å². The minimum atomic E-state index is -0.503. The van der Waals surface area contributed by atoms with Crippen LogP contribution in [0.3, 0.4) is 0 Å². The van der Waals surface area contributed by atoms with E-state index in [-0.39, 0.29) is 0 Å². The van der Waals surface area contributed by atoms with Gasteiger partial charge in [-0.15, -0.1) is 0 Å². The third-order valence-corrected chi connectivity index (χ3v) is 2.65. The Morgan fingerprint density at radius 2 is 2.00 bits per heavy atom. The predicted molar refractivity (Wildman–Crippen MR) is 70.8 cm³/mol. The number of hydrogen-bond donors (Lipinski definition) is 1. The van der Waals surface area contributed by atoms with Gasteiger partial charge in [0.25, 0.3) is 0 Å². The molecule has 2 aromatic rings. The Morgan fingerprint density at radius 3 is 2.59 bits per heavy atom. The van der Waals surface area contributed by atoms with Crippen molar-refractivity contribution in [2.45, 2.75) is 40.0 Å². The number of nitrogens with one attached hydrogen (secondary N) is 1. The molecule has 17 heavy (non-hydrogen) atoms. The van der Waals surface area contributed by atoms with E-state index in [4.69, 9.17) is 5.26 Å². The van der Waals surface area contributed by atoms with Crippen LogP contribution in [-0.4, -0.2) is 9.97 Å². The van der Waals surface area contributed by atoms with Crippen LogP contribution in [0.4, 0.5) is 0 Å². The van der Waals surface area contributed by atoms with Crippen molar-refractivity contribution in [1.82, 2.24) is 9.97 Å². The van der Waals surface area contributed by atoms with E-state index in [0.29, 0.717) is 0 Å². The molecule has 0 saturated carbocycles. The zero-order chi connectivity index (χ0) is 13.1. The first-order valence-corrected chi connectivity index (χ1v) is 5.91.